The third kappa shape index (κ3) is 3.99. The molecule has 2 aromatic carbocycles. The summed E-state index contributed by atoms with van der Waals surface area (Å²) in [5, 5.41) is 3.54. The Hall–Kier alpha value is -2.00. The molecule has 2 rings (SSSR count). The van der Waals surface area contributed by atoms with E-state index in [0.717, 1.165) is 24.5 Å². The zero-order valence-corrected chi connectivity index (χ0v) is 12.9. The highest BCUT2D eigenvalue weighted by atomic mass is 16.5. The molecular weight excluding hydrogens is 262 g/mol. The van der Waals surface area contributed by atoms with E-state index in [1.807, 2.05) is 12.1 Å². The summed E-state index contributed by atoms with van der Waals surface area (Å²) in [6.07, 6.45) is 0.949. The first-order chi connectivity index (χ1) is 10.3. The van der Waals surface area contributed by atoms with Crippen LogP contribution < -0.4 is 14.8 Å². The average Bonchev–Trinajstić information content (AvgIpc) is 2.54. The monoisotopic (exact) mass is 285 g/mol. The van der Waals surface area contributed by atoms with Gasteiger partial charge in [0.25, 0.3) is 0 Å². The number of benzene rings is 2. The fraction of sp³-hybridized carbons (Fsp3) is 0.333. The second-order valence-electron chi connectivity index (χ2n) is 4.91. The standard InChI is InChI=1S/C18H23NO2/c1-4-19-16(12-14-8-6-5-7-9-14)15-10-11-17(20-2)18(13-15)21-3/h5-11,13,16,19H,4,12H2,1-3H3. The van der Waals surface area contributed by atoms with Gasteiger partial charge in [0.2, 0.25) is 0 Å². The van der Waals surface area contributed by atoms with Crippen molar-refractivity contribution >= 4 is 0 Å². The molecule has 1 N–H and O–H groups in total. The Bertz CT molecular complexity index is 554. The molecule has 0 saturated heterocycles. The zero-order valence-electron chi connectivity index (χ0n) is 12.9. The van der Waals surface area contributed by atoms with Crippen LogP contribution >= 0.6 is 0 Å². The smallest absolute Gasteiger partial charge is 0.161 e. The van der Waals surface area contributed by atoms with Gasteiger partial charge in [-0.15, -0.1) is 0 Å². The summed E-state index contributed by atoms with van der Waals surface area (Å²) in [7, 11) is 3.32. The minimum absolute atomic E-state index is 0.261. The lowest BCUT2D eigenvalue weighted by Gasteiger charge is -2.20. The van der Waals surface area contributed by atoms with Gasteiger partial charge in [0.05, 0.1) is 14.2 Å². The van der Waals surface area contributed by atoms with Gasteiger partial charge < -0.3 is 14.8 Å². The maximum Gasteiger partial charge on any atom is 0.161 e. The maximum absolute atomic E-state index is 5.40. The normalized spacial score (nSPS) is 12.0. The quantitative estimate of drug-likeness (QED) is 0.843. The molecule has 112 valence electrons. The fourth-order valence-electron chi connectivity index (χ4n) is 2.47. The topological polar surface area (TPSA) is 30.5 Å². The number of rotatable bonds is 7. The third-order valence-electron chi connectivity index (χ3n) is 3.54. The van der Waals surface area contributed by atoms with Gasteiger partial charge in [-0.25, -0.2) is 0 Å². The minimum Gasteiger partial charge on any atom is -0.493 e. The van der Waals surface area contributed by atoms with Crippen molar-refractivity contribution in [2.45, 2.75) is 19.4 Å². The van der Waals surface area contributed by atoms with Crippen LogP contribution in [-0.2, 0) is 6.42 Å². The molecule has 3 nitrogen and oxygen atoms in total. The van der Waals surface area contributed by atoms with Gasteiger partial charge in [0, 0.05) is 6.04 Å². The molecule has 0 heterocycles. The van der Waals surface area contributed by atoms with Crippen LogP contribution in [0.4, 0.5) is 0 Å². The molecule has 0 aliphatic rings. The summed E-state index contributed by atoms with van der Waals surface area (Å²) in [4.78, 5) is 0. The fourth-order valence-corrected chi connectivity index (χ4v) is 2.47. The highest BCUT2D eigenvalue weighted by molar-refractivity contribution is 5.44. The van der Waals surface area contributed by atoms with Gasteiger partial charge >= 0.3 is 0 Å². The van der Waals surface area contributed by atoms with Gasteiger partial charge in [0.15, 0.2) is 11.5 Å². The molecule has 0 aliphatic heterocycles. The van der Waals surface area contributed by atoms with Crippen LogP contribution in [0.5, 0.6) is 11.5 Å². The lowest BCUT2D eigenvalue weighted by Crippen LogP contribution is -2.23. The minimum atomic E-state index is 0.261. The van der Waals surface area contributed by atoms with Gasteiger partial charge in [-0.05, 0) is 36.2 Å². The first-order valence-corrected chi connectivity index (χ1v) is 7.27. The van der Waals surface area contributed by atoms with E-state index in [9.17, 15) is 0 Å². The summed E-state index contributed by atoms with van der Waals surface area (Å²) in [5.74, 6) is 1.53. The van der Waals surface area contributed by atoms with Crippen molar-refractivity contribution in [3.05, 3.63) is 59.7 Å². The van der Waals surface area contributed by atoms with Gasteiger partial charge in [-0.1, -0.05) is 43.3 Å². The first-order valence-electron chi connectivity index (χ1n) is 7.27. The van der Waals surface area contributed by atoms with E-state index in [1.165, 1.54) is 11.1 Å². The molecule has 0 saturated carbocycles. The first kappa shape index (κ1) is 15.4. The lowest BCUT2D eigenvalue weighted by atomic mass is 9.98. The van der Waals surface area contributed by atoms with Crippen molar-refractivity contribution in [3.8, 4) is 11.5 Å². The number of likely N-dealkylation sites (N-methyl/N-ethyl adjacent to an activating group) is 1. The molecule has 1 unspecified atom stereocenters. The van der Waals surface area contributed by atoms with Gasteiger partial charge in [-0.3, -0.25) is 0 Å². The summed E-state index contributed by atoms with van der Waals surface area (Å²) in [6, 6.07) is 16.9. The van der Waals surface area contributed by atoms with E-state index in [4.69, 9.17) is 9.47 Å². The molecule has 0 radical (unpaired) electrons. The molecule has 1 atom stereocenters. The van der Waals surface area contributed by atoms with Crippen molar-refractivity contribution < 1.29 is 9.47 Å². The predicted octanol–water partition coefficient (Wildman–Crippen LogP) is 3.60. The van der Waals surface area contributed by atoms with Crippen LogP contribution in [0, 0.1) is 0 Å². The molecule has 0 spiro atoms. The van der Waals surface area contributed by atoms with E-state index in [1.54, 1.807) is 14.2 Å². The number of hydrogen-bond donors (Lipinski definition) is 1. The Morgan fingerprint density at radius 2 is 1.67 bits per heavy atom. The Labute approximate surface area is 126 Å². The second kappa shape index (κ2) is 7.70. The molecular formula is C18H23NO2. The van der Waals surface area contributed by atoms with Crippen LogP contribution in [0.3, 0.4) is 0 Å². The third-order valence-corrected chi connectivity index (χ3v) is 3.54. The van der Waals surface area contributed by atoms with Crippen molar-refractivity contribution in [2.24, 2.45) is 0 Å². The van der Waals surface area contributed by atoms with E-state index in [-0.39, 0.29) is 6.04 Å². The highest BCUT2D eigenvalue weighted by Gasteiger charge is 2.14. The number of methoxy groups -OCH3 is 2. The van der Waals surface area contributed by atoms with E-state index in [0.29, 0.717) is 0 Å². The molecule has 0 amide bonds. The van der Waals surface area contributed by atoms with Crippen molar-refractivity contribution in [3.63, 3.8) is 0 Å². The predicted molar refractivity (Wildman–Crippen MR) is 86.1 cm³/mol. The summed E-state index contributed by atoms with van der Waals surface area (Å²) in [6.45, 7) is 3.05. The zero-order chi connectivity index (χ0) is 15.1. The van der Waals surface area contributed by atoms with Crippen molar-refractivity contribution in [1.82, 2.24) is 5.32 Å². The van der Waals surface area contributed by atoms with E-state index < -0.39 is 0 Å². The van der Waals surface area contributed by atoms with E-state index in [2.05, 4.69) is 48.6 Å². The molecule has 0 aliphatic carbocycles. The lowest BCUT2D eigenvalue weighted by molar-refractivity contribution is 0.354. The van der Waals surface area contributed by atoms with Crippen LogP contribution in [0.2, 0.25) is 0 Å². The Morgan fingerprint density at radius 1 is 0.952 bits per heavy atom. The molecule has 0 fully saturated rings. The number of nitrogens with one attached hydrogen (secondary N) is 1. The van der Waals surface area contributed by atoms with Crippen molar-refractivity contribution in [1.29, 1.82) is 0 Å². The Balaban J connectivity index is 2.25. The van der Waals surface area contributed by atoms with Crippen LogP contribution in [0.1, 0.15) is 24.1 Å². The van der Waals surface area contributed by atoms with E-state index >= 15 is 0 Å². The SMILES string of the molecule is CCNC(Cc1ccccc1)c1ccc(OC)c(OC)c1. The maximum atomic E-state index is 5.40. The van der Waals surface area contributed by atoms with Crippen molar-refractivity contribution in [2.75, 3.05) is 20.8 Å². The molecule has 0 bridgehead atoms. The summed E-state index contributed by atoms with van der Waals surface area (Å²) in [5.41, 5.74) is 2.52. The Morgan fingerprint density at radius 3 is 2.29 bits per heavy atom. The van der Waals surface area contributed by atoms with Crippen LogP contribution in [0.25, 0.3) is 0 Å². The number of ether oxygens (including phenoxy) is 2. The average molecular weight is 285 g/mol. The molecule has 21 heavy (non-hydrogen) atoms. The van der Waals surface area contributed by atoms with Gasteiger partial charge in [-0.2, -0.15) is 0 Å². The molecule has 0 aromatic heterocycles. The summed E-state index contributed by atoms with van der Waals surface area (Å²) < 4.78 is 10.7. The summed E-state index contributed by atoms with van der Waals surface area (Å²) >= 11 is 0. The van der Waals surface area contributed by atoms with Gasteiger partial charge in [0.1, 0.15) is 0 Å². The van der Waals surface area contributed by atoms with Crippen LogP contribution in [-0.4, -0.2) is 20.8 Å². The van der Waals surface area contributed by atoms with Crippen LogP contribution in [0.15, 0.2) is 48.5 Å². The Kier molecular flexibility index (Phi) is 5.64. The largest absolute Gasteiger partial charge is 0.493 e. The highest BCUT2D eigenvalue weighted by Crippen LogP contribution is 2.31. The molecule has 2 aromatic rings. The second-order valence-corrected chi connectivity index (χ2v) is 4.91. The number of hydrogen-bond acceptors (Lipinski definition) is 3. The molecule has 3 heteroatoms.